The molecule has 4 heteroatoms. The van der Waals surface area contributed by atoms with Gasteiger partial charge in [-0.3, -0.25) is 0 Å². The first-order chi connectivity index (χ1) is 8.88. The number of aromatic nitrogens is 1. The lowest BCUT2D eigenvalue weighted by molar-refractivity contribution is 0.820. The van der Waals surface area contributed by atoms with Crippen LogP contribution in [0, 0.1) is 13.8 Å². The largest absolute Gasteiger partial charge is 0.375 e. The third-order valence-corrected chi connectivity index (χ3v) is 4.43. The third kappa shape index (κ3) is 3.10. The first-order valence-corrected chi connectivity index (χ1v) is 7.58. The van der Waals surface area contributed by atoms with E-state index in [1.54, 1.807) is 11.3 Å². The molecular formula is C15H19ClN2S. The van der Waals surface area contributed by atoms with Crippen LogP contribution >= 0.6 is 22.9 Å². The Hall–Kier alpha value is -1.06. The summed E-state index contributed by atoms with van der Waals surface area (Å²) in [4.78, 5) is 5.66. The smallest absolute Gasteiger partial charge is 0.180 e. The fourth-order valence-electron chi connectivity index (χ4n) is 2.29. The van der Waals surface area contributed by atoms with E-state index < -0.39 is 0 Å². The lowest BCUT2D eigenvalue weighted by atomic mass is 9.99. The molecule has 0 fully saturated rings. The first kappa shape index (κ1) is 14.4. The highest BCUT2D eigenvalue weighted by Crippen LogP contribution is 2.32. The van der Waals surface area contributed by atoms with Crippen molar-refractivity contribution in [2.45, 2.75) is 40.0 Å². The van der Waals surface area contributed by atoms with Gasteiger partial charge in [-0.2, -0.15) is 0 Å². The third-order valence-electron chi connectivity index (χ3n) is 3.19. The van der Waals surface area contributed by atoms with Gasteiger partial charge in [0.25, 0.3) is 0 Å². The number of nitrogens with two attached hydrogens (primary N) is 1. The minimum Gasteiger partial charge on any atom is -0.375 e. The zero-order valence-electron chi connectivity index (χ0n) is 11.7. The highest BCUT2D eigenvalue weighted by atomic mass is 35.5. The van der Waals surface area contributed by atoms with Gasteiger partial charge in [0.05, 0.1) is 5.69 Å². The summed E-state index contributed by atoms with van der Waals surface area (Å²) >= 11 is 7.94. The highest BCUT2D eigenvalue weighted by Gasteiger charge is 2.15. The fraction of sp³-hybridized carbons (Fsp3) is 0.400. The molecule has 102 valence electrons. The molecule has 0 unspecified atom stereocenters. The Morgan fingerprint density at radius 3 is 2.58 bits per heavy atom. The molecule has 0 radical (unpaired) electrons. The average Bonchev–Trinajstić information content (AvgIpc) is 2.65. The number of thiazole rings is 1. The second kappa shape index (κ2) is 5.51. The topological polar surface area (TPSA) is 38.9 Å². The van der Waals surface area contributed by atoms with Crippen LogP contribution in [0.2, 0.25) is 5.02 Å². The molecule has 2 aromatic rings. The molecule has 0 saturated carbocycles. The predicted octanol–water partition coefficient (Wildman–Crippen LogP) is 4.71. The fourth-order valence-corrected chi connectivity index (χ4v) is 3.68. The molecule has 2 rings (SSSR count). The molecule has 1 aromatic carbocycles. The molecule has 0 bridgehead atoms. The van der Waals surface area contributed by atoms with Gasteiger partial charge in [0.2, 0.25) is 0 Å². The van der Waals surface area contributed by atoms with Crippen LogP contribution in [0.25, 0.3) is 0 Å². The lowest BCUT2D eigenvalue weighted by Crippen LogP contribution is -1.98. The SMILES string of the molecule is Cc1cc(C)c(Cc2sc(N)nc2C(C)C)c(Cl)c1. The number of halogens is 1. The van der Waals surface area contributed by atoms with Crippen LogP contribution in [-0.2, 0) is 6.42 Å². The van der Waals surface area contributed by atoms with Crippen molar-refractivity contribution < 1.29 is 0 Å². The molecule has 0 aliphatic heterocycles. The van der Waals surface area contributed by atoms with E-state index >= 15 is 0 Å². The van der Waals surface area contributed by atoms with Crippen LogP contribution < -0.4 is 5.73 Å². The number of benzene rings is 1. The molecule has 0 spiro atoms. The molecule has 1 aromatic heterocycles. The molecule has 19 heavy (non-hydrogen) atoms. The molecule has 0 atom stereocenters. The average molecular weight is 295 g/mol. The van der Waals surface area contributed by atoms with Crippen molar-refractivity contribution in [2.75, 3.05) is 5.73 Å². The van der Waals surface area contributed by atoms with E-state index in [1.807, 2.05) is 6.07 Å². The summed E-state index contributed by atoms with van der Waals surface area (Å²) in [6, 6.07) is 4.18. The standard InChI is InChI=1S/C15H19ClN2S/c1-8(2)14-13(19-15(17)18-14)7-11-10(4)5-9(3)6-12(11)16/h5-6,8H,7H2,1-4H3,(H2,17,18). The summed E-state index contributed by atoms with van der Waals surface area (Å²) in [5, 5.41) is 1.47. The molecule has 0 aliphatic rings. The Morgan fingerprint density at radius 2 is 2.00 bits per heavy atom. The van der Waals surface area contributed by atoms with E-state index in [9.17, 15) is 0 Å². The van der Waals surface area contributed by atoms with Crippen LogP contribution in [0.3, 0.4) is 0 Å². The molecule has 1 heterocycles. The van der Waals surface area contributed by atoms with Crippen LogP contribution in [0.4, 0.5) is 5.13 Å². The Kier molecular flexibility index (Phi) is 4.16. The Bertz CT molecular complexity index is 579. The van der Waals surface area contributed by atoms with Gasteiger partial charge in [-0.15, -0.1) is 11.3 Å². The number of anilines is 1. The maximum Gasteiger partial charge on any atom is 0.180 e. The molecule has 0 saturated heterocycles. The Balaban J connectivity index is 2.42. The first-order valence-electron chi connectivity index (χ1n) is 6.39. The number of hydrogen-bond acceptors (Lipinski definition) is 3. The molecular weight excluding hydrogens is 276 g/mol. The van der Waals surface area contributed by atoms with E-state index in [-0.39, 0.29) is 0 Å². The van der Waals surface area contributed by atoms with E-state index in [0.29, 0.717) is 11.0 Å². The summed E-state index contributed by atoms with van der Waals surface area (Å²) < 4.78 is 0. The van der Waals surface area contributed by atoms with E-state index in [2.05, 4.69) is 38.7 Å². The maximum atomic E-state index is 6.38. The number of nitrogens with zero attached hydrogens (tertiary/aromatic N) is 1. The van der Waals surface area contributed by atoms with Crippen LogP contribution in [-0.4, -0.2) is 4.98 Å². The minimum atomic E-state index is 0.382. The Labute approximate surface area is 123 Å². The minimum absolute atomic E-state index is 0.382. The van der Waals surface area contributed by atoms with Crippen molar-refractivity contribution in [3.05, 3.63) is 44.4 Å². The second-order valence-electron chi connectivity index (χ2n) is 5.23. The molecule has 0 aliphatic carbocycles. The maximum absolute atomic E-state index is 6.38. The zero-order valence-corrected chi connectivity index (χ0v) is 13.3. The van der Waals surface area contributed by atoms with Gasteiger partial charge in [-0.1, -0.05) is 31.5 Å². The van der Waals surface area contributed by atoms with Gasteiger partial charge in [0, 0.05) is 16.3 Å². The van der Waals surface area contributed by atoms with Gasteiger partial charge in [0.15, 0.2) is 5.13 Å². The van der Waals surface area contributed by atoms with Crippen LogP contribution in [0.5, 0.6) is 0 Å². The molecule has 2 N–H and O–H groups in total. The van der Waals surface area contributed by atoms with E-state index in [4.69, 9.17) is 17.3 Å². The van der Waals surface area contributed by atoms with Crippen LogP contribution in [0.1, 0.15) is 47.0 Å². The number of rotatable bonds is 3. The summed E-state index contributed by atoms with van der Waals surface area (Å²) in [7, 11) is 0. The summed E-state index contributed by atoms with van der Waals surface area (Å²) in [6.45, 7) is 8.45. The highest BCUT2D eigenvalue weighted by molar-refractivity contribution is 7.15. The molecule has 2 nitrogen and oxygen atoms in total. The lowest BCUT2D eigenvalue weighted by Gasteiger charge is -2.11. The van der Waals surface area contributed by atoms with Crippen molar-refractivity contribution >= 4 is 28.1 Å². The van der Waals surface area contributed by atoms with Crippen molar-refractivity contribution in [2.24, 2.45) is 0 Å². The number of nitrogen functional groups attached to an aromatic ring is 1. The van der Waals surface area contributed by atoms with Gasteiger partial charge in [0.1, 0.15) is 0 Å². The van der Waals surface area contributed by atoms with Crippen molar-refractivity contribution in [3.8, 4) is 0 Å². The Morgan fingerprint density at radius 1 is 1.32 bits per heavy atom. The number of aryl methyl sites for hydroxylation is 2. The second-order valence-corrected chi connectivity index (χ2v) is 6.76. The predicted molar refractivity (Wildman–Crippen MR) is 84.3 cm³/mol. The van der Waals surface area contributed by atoms with E-state index in [1.165, 1.54) is 21.6 Å². The molecule has 0 amide bonds. The van der Waals surface area contributed by atoms with Gasteiger partial charge >= 0.3 is 0 Å². The summed E-state index contributed by atoms with van der Waals surface area (Å²) in [5.74, 6) is 0.382. The summed E-state index contributed by atoms with van der Waals surface area (Å²) in [6.07, 6.45) is 0.813. The van der Waals surface area contributed by atoms with Crippen molar-refractivity contribution in [1.82, 2.24) is 4.98 Å². The van der Waals surface area contributed by atoms with Crippen molar-refractivity contribution in [3.63, 3.8) is 0 Å². The summed E-state index contributed by atoms with van der Waals surface area (Å²) in [5.41, 5.74) is 10.5. The quantitative estimate of drug-likeness (QED) is 0.890. The number of hydrogen-bond donors (Lipinski definition) is 1. The van der Waals surface area contributed by atoms with Gasteiger partial charge in [-0.05, 0) is 42.5 Å². The van der Waals surface area contributed by atoms with Gasteiger partial charge < -0.3 is 5.73 Å². The van der Waals surface area contributed by atoms with E-state index in [0.717, 1.165) is 17.1 Å². The normalized spacial score (nSPS) is 11.3. The van der Waals surface area contributed by atoms with Crippen molar-refractivity contribution in [1.29, 1.82) is 0 Å². The monoisotopic (exact) mass is 294 g/mol. The van der Waals surface area contributed by atoms with Crippen LogP contribution in [0.15, 0.2) is 12.1 Å². The van der Waals surface area contributed by atoms with Gasteiger partial charge in [-0.25, -0.2) is 4.98 Å². The zero-order chi connectivity index (χ0) is 14.2.